The normalized spacial score (nSPS) is 21.6. The van der Waals surface area contributed by atoms with Gasteiger partial charge in [0.05, 0.1) is 11.0 Å². The number of aliphatic hydroxyl groups excluding tert-OH is 1. The first kappa shape index (κ1) is 13.5. The largest absolute Gasteiger partial charge is 0.393 e. The third kappa shape index (κ3) is 2.90. The average Bonchev–Trinajstić information content (AvgIpc) is 2.36. The first-order chi connectivity index (χ1) is 9.01. The first-order valence-corrected chi connectivity index (χ1v) is 6.14. The molecular formula is C13H16N2O4. The number of benzene rings is 1. The van der Waals surface area contributed by atoms with E-state index < -0.39 is 4.92 Å². The third-order valence-electron chi connectivity index (χ3n) is 3.49. The van der Waals surface area contributed by atoms with Gasteiger partial charge in [-0.2, -0.15) is 0 Å². The molecule has 0 spiro atoms. The van der Waals surface area contributed by atoms with Gasteiger partial charge in [-0.1, -0.05) is 0 Å². The lowest BCUT2D eigenvalue weighted by Crippen LogP contribution is -2.37. The molecule has 19 heavy (non-hydrogen) atoms. The van der Waals surface area contributed by atoms with Gasteiger partial charge in [0.15, 0.2) is 0 Å². The summed E-state index contributed by atoms with van der Waals surface area (Å²) in [5, 5.41) is 20.3. The second kappa shape index (κ2) is 5.36. The van der Waals surface area contributed by atoms with Crippen molar-refractivity contribution < 1.29 is 14.8 Å². The van der Waals surface area contributed by atoms with Gasteiger partial charge in [0.2, 0.25) is 0 Å². The summed E-state index contributed by atoms with van der Waals surface area (Å²) < 4.78 is 0. The summed E-state index contributed by atoms with van der Waals surface area (Å²) in [6.07, 6.45) is 1.85. The van der Waals surface area contributed by atoms with Crippen LogP contribution in [0, 0.1) is 16.0 Å². The number of nitro groups is 1. The van der Waals surface area contributed by atoms with E-state index in [1.807, 2.05) is 4.90 Å². The van der Waals surface area contributed by atoms with Crippen molar-refractivity contribution in [2.24, 2.45) is 5.92 Å². The highest BCUT2D eigenvalue weighted by Crippen LogP contribution is 2.32. The quantitative estimate of drug-likeness (QED) is 0.496. The van der Waals surface area contributed by atoms with Gasteiger partial charge in [0, 0.05) is 25.2 Å². The van der Waals surface area contributed by atoms with Crippen molar-refractivity contribution in [2.75, 3.05) is 18.5 Å². The lowest BCUT2D eigenvalue weighted by atomic mass is 9.82. The lowest BCUT2D eigenvalue weighted by Gasteiger charge is -2.35. The van der Waals surface area contributed by atoms with E-state index in [2.05, 4.69) is 0 Å². The molecule has 1 N–H and O–H groups in total. The van der Waals surface area contributed by atoms with E-state index in [-0.39, 0.29) is 11.8 Å². The van der Waals surface area contributed by atoms with E-state index in [0.29, 0.717) is 30.0 Å². The molecule has 6 heteroatoms. The van der Waals surface area contributed by atoms with Crippen LogP contribution in [-0.4, -0.2) is 36.0 Å². The van der Waals surface area contributed by atoms with Crippen LogP contribution in [0.4, 0.5) is 11.4 Å². The summed E-state index contributed by atoms with van der Waals surface area (Å²) in [5.41, 5.74) is 0.729. The Bertz CT molecular complexity index is 497. The number of carbonyl (C=O) groups is 1. The van der Waals surface area contributed by atoms with Crippen LogP contribution in [0.15, 0.2) is 18.2 Å². The molecule has 0 unspecified atom stereocenters. The predicted octanol–water partition coefficient (Wildman–Crippen LogP) is 1.61. The molecule has 2 rings (SSSR count). The molecule has 0 saturated heterocycles. The van der Waals surface area contributed by atoms with Crippen LogP contribution in [0.3, 0.4) is 0 Å². The van der Waals surface area contributed by atoms with Crippen LogP contribution in [-0.2, 0) is 0 Å². The first-order valence-electron chi connectivity index (χ1n) is 6.14. The smallest absolute Gasteiger partial charge is 0.293 e. The van der Waals surface area contributed by atoms with Crippen molar-refractivity contribution in [2.45, 2.75) is 18.9 Å². The van der Waals surface area contributed by atoms with E-state index in [1.165, 1.54) is 6.07 Å². The maximum atomic E-state index is 11.0. The summed E-state index contributed by atoms with van der Waals surface area (Å²) in [4.78, 5) is 23.0. The van der Waals surface area contributed by atoms with Crippen LogP contribution in [0.1, 0.15) is 23.2 Å². The van der Waals surface area contributed by atoms with E-state index in [1.54, 1.807) is 19.2 Å². The van der Waals surface area contributed by atoms with E-state index in [4.69, 9.17) is 0 Å². The molecule has 1 aromatic rings. The Kier molecular flexibility index (Phi) is 3.80. The topological polar surface area (TPSA) is 83.7 Å². The van der Waals surface area contributed by atoms with Gasteiger partial charge >= 0.3 is 0 Å². The van der Waals surface area contributed by atoms with Gasteiger partial charge in [0.1, 0.15) is 12.0 Å². The highest BCUT2D eigenvalue weighted by Gasteiger charge is 2.29. The van der Waals surface area contributed by atoms with Crippen LogP contribution in [0.25, 0.3) is 0 Å². The van der Waals surface area contributed by atoms with Crippen molar-refractivity contribution in [3.63, 3.8) is 0 Å². The number of aliphatic hydroxyl groups is 1. The fourth-order valence-corrected chi connectivity index (χ4v) is 2.42. The highest BCUT2D eigenvalue weighted by atomic mass is 16.6. The summed E-state index contributed by atoms with van der Waals surface area (Å²) in [7, 11) is 1.79. The van der Waals surface area contributed by atoms with E-state index >= 15 is 0 Å². The molecule has 102 valence electrons. The zero-order chi connectivity index (χ0) is 14.0. The molecule has 0 aliphatic heterocycles. The molecule has 0 atom stereocenters. The Morgan fingerprint density at radius 1 is 1.53 bits per heavy atom. The summed E-state index contributed by atoms with van der Waals surface area (Å²) in [6.45, 7) is 0.665. The Morgan fingerprint density at radius 2 is 2.21 bits per heavy atom. The Morgan fingerprint density at radius 3 is 2.74 bits per heavy atom. The predicted molar refractivity (Wildman–Crippen MR) is 70.5 cm³/mol. The lowest BCUT2D eigenvalue weighted by molar-refractivity contribution is -0.384. The average molecular weight is 264 g/mol. The van der Waals surface area contributed by atoms with Gasteiger partial charge in [-0.25, -0.2) is 0 Å². The minimum atomic E-state index is -0.478. The van der Waals surface area contributed by atoms with Crippen molar-refractivity contribution in [3.05, 3.63) is 33.9 Å². The standard InChI is InChI=1S/C13H16N2O4/c1-14(7-10-4-11(17)5-10)12-3-2-9(8-16)6-13(12)15(18)19/h2-3,6,8,10-11,17H,4-5,7H2,1H3. The van der Waals surface area contributed by atoms with E-state index in [0.717, 1.165) is 12.8 Å². The molecule has 1 fully saturated rings. The number of anilines is 1. The molecule has 0 heterocycles. The molecule has 1 aliphatic carbocycles. The van der Waals surface area contributed by atoms with Crippen LogP contribution in [0.5, 0.6) is 0 Å². The fraction of sp³-hybridized carbons (Fsp3) is 0.462. The number of nitro benzene ring substituents is 1. The van der Waals surface area contributed by atoms with Crippen molar-refractivity contribution >= 4 is 17.7 Å². The highest BCUT2D eigenvalue weighted by molar-refractivity contribution is 5.79. The molecule has 0 radical (unpaired) electrons. The summed E-state index contributed by atoms with van der Waals surface area (Å²) in [6, 6.07) is 4.45. The minimum Gasteiger partial charge on any atom is -0.393 e. The Balaban J connectivity index is 2.17. The second-order valence-corrected chi connectivity index (χ2v) is 4.99. The van der Waals surface area contributed by atoms with Crippen molar-refractivity contribution in [3.8, 4) is 0 Å². The molecule has 0 bridgehead atoms. The number of hydrogen-bond donors (Lipinski definition) is 1. The summed E-state index contributed by atoms with van der Waals surface area (Å²) in [5.74, 6) is 0.366. The van der Waals surface area contributed by atoms with Crippen LogP contribution >= 0.6 is 0 Å². The molecule has 0 aromatic heterocycles. The molecule has 1 saturated carbocycles. The van der Waals surface area contributed by atoms with Gasteiger partial charge < -0.3 is 10.0 Å². The van der Waals surface area contributed by atoms with Crippen molar-refractivity contribution in [1.82, 2.24) is 0 Å². The fourth-order valence-electron chi connectivity index (χ4n) is 2.42. The molecule has 1 aromatic carbocycles. The Hall–Kier alpha value is -1.95. The Labute approximate surface area is 110 Å². The number of carbonyl (C=O) groups excluding carboxylic acids is 1. The number of nitrogens with zero attached hydrogens (tertiary/aromatic N) is 2. The van der Waals surface area contributed by atoms with Crippen LogP contribution in [0.2, 0.25) is 0 Å². The van der Waals surface area contributed by atoms with Gasteiger partial charge in [-0.3, -0.25) is 14.9 Å². The molecule has 6 nitrogen and oxygen atoms in total. The maximum Gasteiger partial charge on any atom is 0.293 e. The van der Waals surface area contributed by atoms with Gasteiger partial charge in [-0.15, -0.1) is 0 Å². The third-order valence-corrected chi connectivity index (χ3v) is 3.49. The van der Waals surface area contributed by atoms with E-state index in [9.17, 15) is 20.0 Å². The number of aldehydes is 1. The number of hydrogen-bond acceptors (Lipinski definition) is 5. The molecular weight excluding hydrogens is 248 g/mol. The maximum absolute atomic E-state index is 11.0. The molecule has 0 amide bonds. The molecule has 1 aliphatic rings. The SMILES string of the molecule is CN(CC1CC(O)C1)c1ccc(C=O)cc1[N+](=O)[O-]. The number of rotatable bonds is 5. The zero-order valence-corrected chi connectivity index (χ0v) is 10.7. The van der Waals surface area contributed by atoms with Crippen LogP contribution < -0.4 is 4.90 Å². The summed E-state index contributed by atoms with van der Waals surface area (Å²) >= 11 is 0. The van der Waals surface area contributed by atoms with Gasteiger partial charge in [0.25, 0.3) is 5.69 Å². The van der Waals surface area contributed by atoms with Crippen molar-refractivity contribution in [1.29, 1.82) is 0 Å². The van der Waals surface area contributed by atoms with Gasteiger partial charge in [-0.05, 0) is 30.9 Å². The zero-order valence-electron chi connectivity index (χ0n) is 10.7. The second-order valence-electron chi connectivity index (χ2n) is 4.99. The minimum absolute atomic E-state index is 0.0630. The monoisotopic (exact) mass is 264 g/mol.